The molecule has 0 aromatic rings. The number of hydrogen-bond acceptors (Lipinski definition) is 2. The maximum atomic E-state index is 11.8. The average Bonchev–Trinajstić information content (AvgIpc) is 2.76. The van der Waals surface area contributed by atoms with Crippen LogP contribution in [0.2, 0.25) is 0 Å². The van der Waals surface area contributed by atoms with Gasteiger partial charge in [0, 0.05) is 6.42 Å². The Morgan fingerprint density at radius 3 is 2.71 bits per heavy atom. The maximum absolute atomic E-state index is 11.8. The molecular weight excluding hydrogens is 260 g/mol. The molecule has 4 aliphatic carbocycles. The minimum atomic E-state index is -0.0857. The van der Waals surface area contributed by atoms with Gasteiger partial charge in [-0.05, 0) is 79.1 Å². The molecule has 0 aliphatic heterocycles. The van der Waals surface area contributed by atoms with Gasteiger partial charge in [0.15, 0.2) is 5.78 Å². The lowest BCUT2D eigenvalue weighted by atomic mass is 9.46. The molecule has 5 unspecified atom stereocenters. The lowest BCUT2D eigenvalue weighted by Crippen LogP contribution is -2.52. The number of rotatable bonds is 0. The first-order valence-corrected chi connectivity index (χ1v) is 8.85. The predicted molar refractivity (Wildman–Crippen MR) is 82.6 cm³/mol. The zero-order chi connectivity index (χ0) is 14.8. The summed E-state index contributed by atoms with van der Waals surface area (Å²) in [5.41, 5.74) is 0.393. The van der Waals surface area contributed by atoms with Crippen LogP contribution in [-0.4, -0.2) is 17.0 Å². The molecule has 4 rings (SSSR count). The monoisotopic (exact) mass is 288 g/mol. The molecule has 2 nitrogen and oxygen atoms in total. The molecule has 0 spiro atoms. The molecule has 0 aromatic carbocycles. The topological polar surface area (TPSA) is 37.3 Å². The van der Waals surface area contributed by atoms with Crippen LogP contribution in [-0.2, 0) is 4.79 Å². The van der Waals surface area contributed by atoms with Crippen molar-refractivity contribution in [2.45, 2.75) is 64.9 Å². The number of carbonyl (C=O) groups is 1. The Morgan fingerprint density at radius 1 is 1.10 bits per heavy atom. The van der Waals surface area contributed by atoms with Crippen molar-refractivity contribution in [1.82, 2.24) is 0 Å². The fraction of sp³-hybridized carbons (Fsp3) is 0.842. The van der Waals surface area contributed by atoms with Crippen LogP contribution >= 0.6 is 0 Å². The number of aliphatic hydroxyl groups is 1. The number of carbonyl (C=O) groups excluding carboxylic acids is 1. The summed E-state index contributed by atoms with van der Waals surface area (Å²) in [6.45, 7) is 4.74. The minimum Gasteiger partial charge on any atom is -0.393 e. The molecule has 3 saturated carbocycles. The van der Waals surface area contributed by atoms with Gasteiger partial charge in [-0.1, -0.05) is 19.9 Å². The Morgan fingerprint density at radius 2 is 1.90 bits per heavy atom. The molecule has 21 heavy (non-hydrogen) atoms. The quantitative estimate of drug-likeness (QED) is 0.737. The summed E-state index contributed by atoms with van der Waals surface area (Å²) in [6, 6.07) is 0. The van der Waals surface area contributed by atoms with Gasteiger partial charge in [0.05, 0.1) is 6.10 Å². The van der Waals surface area contributed by atoms with Crippen molar-refractivity contribution in [2.24, 2.45) is 34.5 Å². The normalized spacial score (nSPS) is 55.8. The van der Waals surface area contributed by atoms with E-state index in [1.807, 2.05) is 6.08 Å². The molecule has 0 aromatic heterocycles. The smallest absolute Gasteiger partial charge is 0.155 e. The first-order valence-electron chi connectivity index (χ1n) is 8.85. The largest absolute Gasteiger partial charge is 0.393 e. The van der Waals surface area contributed by atoms with Gasteiger partial charge in [-0.15, -0.1) is 0 Å². The van der Waals surface area contributed by atoms with Crippen LogP contribution in [0.15, 0.2) is 12.2 Å². The third-order valence-corrected chi connectivity index (χ3v) is 7.99. The highest BCUT2D eigenvalue weighted by molar-refractivity contribution is 5.91. The van der Waals surface area contributed by atoms with E-state index in [4.69, 9.17) is 0 Å². The summed E-state index contributed by atoms with van der Waals surface area (Å²) >= 11 is 0. The average molecular weight is 288 g/mol. The van der Waals surface area contributed by atoms with E-state index in [2.05, 4.69) is 19.9 Å². The van der Waals surface area contributed by atoms with Crippen molar-refractivity contribution in [1.29, 1.82) is 0 Å². The molecule has 0 saturated heterocycles. The van der Waals surface area contributed by atoms with Crippen LogP contribution in [0.5, 0.6) is 0 Å². The molecule has 2 heteroatoms. The predicted octanol–water partition coefficient (Wildman–Crippen LogP) is 3.74. The van der Waals surface area contributed by atoms with Crippen molar-refractivity contribution < 1.29 is 9.90 Å². The van der Waals surface area contributed by atoms with E-state index in [-0.39, 0.29) is 16.9 Å². The summed E-state index contributed by atoms with van der Waals surface area (Å²) in [6.07, 6.45) is 11.9. The van der Waals surface area contributed by atoms with E-state index < -0.39 is 0 Å². The molecule has 4 aliphatic rings. The second-order valence-electron chi connectivity index (χ2n) is 8.66. The second-order valence-corrected chi connectivity index (χ2v) is 8.66. The van der Waals surface area contributed by atoms with E-state index in [9.17, 15) is 9.90 Å². The molecule has 1 N–H and O–H groups in total. The Bertz CT molecular complexity index is 496. The molecule has 0 bridgehead atoms. The number of fused-ring (bicyclic) bond motifs is 5. The maximum Gasteiger partial charge on any atom is 0.155 e. The highest BCUT2D eigenvalue weighted by Crippen LogP contribution is 2.64. The van der Waals surface area contributed by atoms with Crippen LogP contribution in [0.3, 0.4) is 0 Å². The van der Waals surface area contributed by atoms with Gasteiger partial charge in [0.25, 0.3) is 0 Å². The van der Waals surface area contributed by atoms with Gasteiger partial charge >= 0.3 is 0 Å². The summed E-state index contributed by atoms with van der Waals surface area (Å²) < 4.78 is 0. The molecule has 3 fully saturated rings. The van der Waals surface area contributed by atoms with Crippen LogP contribution in [0.1, 0.15) is 58.8 Å². The summed E-state index contributed by atoms with van der Waals surface area (Å²) in [7, 11) is 0. The van der Waals surface area contributed by atoms with E-state index in [1.54, 1.807) is 0 Å². The molecule has 116 valence electrons. The van der Waals surface area contributed by atoms with Gasteiger partial charge in [-0.3, -0.25) is 4.79 Å². The van der Waals surface area contributed by atoms with Crippen LogP contribution in [0.25, 0.3) is 0 Å². The number of aliphatic hydroxyl groups excluding tert-OH is 1. The highest BCUT2D eigenvalue weighted by Gasteiger charge is 2.59. The van der Waals surface area contributed by atoms with Crippen molar-refractivity contribution in [3.8, 4) is 0 Å². The lowest BCUT2D eigenvalue weighted by molar-refractivity contribution is -0.123. The molecular formula is C19H28O2. The molecule has 0 radical (unpaired) electrons. The van der Waals surface area contributed by atoms with E-state index >= 15 is 0 Å². The van der Waals surface area contributed by atoms with E-state index in [0.29, 0.717) is 17.6 Å². The molecule has 0 amide bonds. The third-order valence-electron chi connectivity index (χ3n) is 7.99. The van der Waals surface area contributed by atoms with Gasteiger partial charge in [0.1, 0.15) is 0 Å². The summed E-state index contributed by atoms with van der Waals surface area (Å²) in [4.78, 5) is 11.8. The summed E-state index contributed by atoms with van der Waals surface area (Å²) in [5.74, 6) is 3.08. The van der Waals surface area contributed by atoms with Crippen molar-refractivity contribution in [3.63, 3.8) is 0 Å². The van der Waals surface area contributed by atoms with Crippen molar-refractivity contribution in [3.05, 3.63) is 12.2 Å². The van der Waals surface area contributed by atoms with Gasteiger partial charge in [-0.2, -0.15) is 0 Å². The first kappa shape index (κ1) is 14.0. The molecule has 7 atom stereocenters. The lowest BCUT2D eigenvalue weighted by Gasteiger charge is -2.58. The number of ketones is 1. The zero-order valence-corrected chi connectivity index (χ0v) is 13.3. The van der Waals surface area contributed by atoms with Crippen LogP contribution < -0.4 is 0 Å². The van der Waals surface area contributed by atoms with Crippen LogP contribution in [0, 0.1) is 34.5 Å². The highest BCUT2D eigenvalue weighted by atomic mass is 16.3. The second kappa shape index (κ2) is 4.44. The molecule has 0 heterocycles. The standard InChI is InChI=1S/C19H28O2/c1-18-9-7-13(20)11-12(18)3-4-14-15-5-6-17(21)19(15,2)10-8-16(14)18/h7,9,12,14-17,21H,3-6,8,10-11H2,1-2H3/t12?,14?,15?,16?,17-,18?,19-/m0/s1. The number of hydrogen-bond donors (Lipinski definition) is 1. The van der Waals surface area contributed by atoms with Crippen molar-refractivity contribution >= 4 is 5.78 Å². The van der Waals surface area contributed by atoms with Gasteiger partial charge < -0.3 is 5.11 Å². The van der Waals surface area contributed by atoms with E-state index in [1.165, 1.54) is 32.1 Å². The Kier molecular flexibility index (Phi) is 2.96. The minimum absolute atomic E-state index is 0.0857. The SMILES string of the molecule is CC12C=CC(=O)CC1CCC1C2CC[C@@]2(C)C1CC[C@@H]2O. The fourth-order valence-electron chi connectivity index (χ4n) is 6.61. The Balaban J connectivity index is 1.68. The van der Waals surface area contributed by atoms with Crippen molar-refractivity contribution in [2.75, 3.05) is 0 Å². The Labute approximate surface area is 128 Å². The third kappa shape index (κ3) is 1.78. The van der Waals surface area contributed by atoms with Gasteiger partial charge in [0.2, 0.25) is 0 Å². The first-order chi connectivity index (χ1) is 9.95. The van der Waals surface area contributed by atoms with E-state index in [0.717, 1.165) is 24.7 Å². The van der Waals surface area contributed by atoms with Crippen LogP contribution in [0.4, 0.5) is 0 Å². The fourth-order valence-corrected chi connectivity index (χ4v) is 6.61. The zero-order valence-electron chi connectivity index (χ0n) is 13.3. The summed E-state index contributed by atoms with van der Waals surface area (Å²) in [5, 5.41) is 10.4. The number of allylic oxidation sites excluding steroid dienone is 2. The Hall–Kier alpha value is -0.630. The van der Waals surface area contributed by atoms with Gasteiger partial charge in [-0.25, -0.2) is 0 Å².